The van der Waals surface area contributed by atoms with E-state index in [9.17, 15) is 9.59 Å². The molecule has 0 aliphatic carbocycles. The van der Waals surface area contributed by atoms with Crippen LogP contribution in [0.5, 0.6) is 0 Å². The van der Waals surface area contributed by atoms with Crippen LogP contribution in [0, 0.1) is 0 Å². The minimum atomic E-state index is -0.406. The van der Waals surface area contributed by atoms with Crippen molar-refractivity contribution in [1.29, 1.82) is 0 Å². The van der Waals surface area contributed by atoms with Crippen LogP contribution in [-0.2, 0) is 4.79 Å². The molecule has 0 aliphatic rings. The van der Waals surface area contributed by atoms with E-state index in [0.29, 0.717) is 10.6 Å². The van der Waals surface area contributed by atoms with E-state index >= 15 is 0 Å². The zero-order valence-electron chi connectivity index (χ0n) is 18.3. The van der Waals surface area contributed by atoms with Crippen molar-refractivity contribution in [3.63, 3.8) is 0 Å². The lowest BCUT2D eigenvalue weighted by Gasteiger charge is -2.21. The predicted octanol–water partition coefficient (Wildman–Crippen LogP) is 6.02. The molecule has 0 saturated heterocycles. The first-order valence-corrected chi connectivity index (χ1v) is 11.2. The summed E-state index contributed by atoms with van der Waals surface area (Å²) >= 11 is 6.01. The van der Waals surface area contributed by atoms with Gasteiger partial charge in [-0.1, -0.05) is 103 Å². The molecule has 168 valence electrons. The van der Waals surface area contributed by atoms with Crippen molar-refractivity contribution in [3.05, 3.63) is 148 Å². The van der Waals surface area contributed by atoms with Crippen molar-refractivity contribution in [1.82, 2.24) is 10.6 Å². The zero-order valence-corrected chi connectivity index (χ0v) is 19.1. The first-order valence-electron chi connectivity index (χ1n) is 10.8. The van der Waals surface area contributed by atoms with Gasteiger partial charge in [0.2, 0.25) is 0 Å². The van der Waals surface area contributed by atoms with E-state index < -0.39 is 11.9 Å². The molecule has 34 heavy (non-hydrogen) atoms. The van der Waals surface area contributed by atoms with Gasteiger partial charge in [0.05, 0.1) is 6.04 Å². The van der Waals surface area contributed by atoms with E-state index in [1.54, 1.807) is 54.6 Å². The number of hydrogen-bond acceptors (Lipinski definition) is 2. The average molecular weight is 467 g/mol. The topological polar surface area (TPSA) is 58.2 Å². The molecule has 4 aromatic rings. The molecular weight excluding hydrogens is 444 g/mol. The minimum absolute atomic E-state index is 0.132. The van der Waals surface area contributed by atoms with Gasteiger partial charge in [0.15, 0.2) is 0 Å². The summed E-state index contributed by atoms with van der Waals surface area (Å²) in [6, 6.07) is 34.9. The van der Waals surface area contributed by atoms with Gasteiger partial charge in [0, 0.05) is 10.6 Å². The molecule has 0 aromatic heterocycles. The Kier molecular flexibility index (Phi) is 7.53. The average Bonchev–Trinajstić information content (AvgIpc) is 2.89. The second kappa shape index (κ2) is 11.1. The number of carbonyl (C=O) groups excluding carboxylic acids is 2. The Morgan fingerprint density at radius 2 is 1.18 bits per heavy atom. The molecule has 4 nitrogen and oxygen atoms in total. The van der Waals surface area contributed by atoms with Crippen molar-refractivity contribution < 1.29 is 9.59 Å². The van der Waals surface area contributed by atoms with Gasteiger partial charge in [-0.2, -0.15) is 0 Å². The van der Waals surface area contributed by atoms with Crippen molar-refractivity contribution in [2.75, 3.05) is 0 Å². The lowest BCUT2D eigenvalue weighted by molar-refractivity contribution is -0.118. The monoisotopic (exact) mass is 466 g/mol. The second-order valence-corrected chi connectivity index (χ2v) is 8.09. The van der Waals surface area contributed by atoms with Crippen LogP contribution in [0.1, 0.15) is 33.1 Å². The van der Waals surface area contributed by atoms with E-state index in [-0.39, 0.29) is 11.6 Å². The molecule has 0 fully saturated rings. The maximum atomic E-state index is 13.5. The Bertz CT molecular complexity index is 1230. The second-order valence-electron chi connectivity index (χ2n) is 7.66. The molecule has 2 N–H and O–H groups in total. The summed E-state index contributed by atoms with van der Waals surface area (Å²) in [5, 5.41) is 6.46. The lowest BCUT2D eigenvalue weighted by Crippen LogP contribution is -2.37. The molecule has 0 saturated carbocycles. The molecule has 0 aliphatic heterocycles. The molecule has 0 unspecified atom stereocenters. The highest BCUT2D eigenvalue weighted by Gasteiger charge is 2.21. The van der Waals surface area contributed by atoms with Crippen molar-refractivity contribution in [3.8, 4) is 0 Å². The largest absolute Gasteiger partial charge is 0.340 e. The number of rotatable bonds is 7. The van der Waals surface area contributed by atoms with Crippen LogP contribution in [0.25, 0.3) is 6.08 Å². The highest BCUT2D eigenvalue weighted by molar-refractivity contribution is 6.30. The Balaban J connectivity index is 1.67. The number of amides is 2. The van der Waals surface area contributed by atoms with Crippen LogP contribution >= 0.6 is 11.6 Å². The molecule has 0 radical (unpaired) electrons. The first kappa shape index (κ1) is 23.0. The molecule has 2 amide bonds. The number of benzene rings is 4. The Morgan fingerprint density at radius 1 is 0.676 bits per heavy atom. The van der Waals surface area contributed by atoms with E-state index in [0.717, 1.165) is 16.7 Å². The summed E-state index contributed by atoms with van der Waals surface area (Å²) in [5.74, 6) is -0.774. The van der Waals surface area contributed by atoms with Crippen molar-refractivity contribution in [2.45, 2.75) is 6.04 Å². The third kappa shape index (κ3) is 6.00. The highest BCUT2D eigenvalue weighted by Crippen LogP contribution is 2.22. The first-order chi connectivity index (χ1) is 16.6. The normalized spacial score (nSPS) is 11.2. The van der Waals surface area contributed by atoms with Gasteiger partial charge in [-0.3, -0.25) is 9.59 Å². The van der Waals surface area contributed by atoms with Gasteiger partial charge < -0.3 is 10.6 Å². The molecule has 5 heteroatoms. The summed E-state index contributed by atoms with van der Waals surface area (Å²) in [6.45, 7) is 0. The molecule has 4 rings (SSSR count). The maximum absolute atomic E-state index is 13.5. The van der Waals surface area contributed by atoms with E-state index in [1.165, 1.54) is 0 Å². The minimum Gasteiger partial charge on any atom is -0.340 e. The fraction of sp³-hybridized carbons (Fsp3) is 0.0345. The fourth-order valence-electron chi connectivity index (χ4n) is 3.53. The number of nitrogens with one attached hydrogen (secondary N) is 2. The molecule has 0 spiro atoms. The Morgan fingerprint density at radius 3 is 1.71 bits per heavy atom. The molecule has 4 aromatic carbocycles. The molecular formula is C29H23ClN2O2. The van der Waals surface area contributed by atoms with Crippen LogP contribution in [0.3, 0.4) is 0 Å². The summed E-state index contributed by atoms with van der Waals surface area (Å²) in [5.41, 5.74) is 3.19. The summed E-state index contributed by atoms with van der Waals surface area (Å²) in [7, 11) is 0. The van der Waals surface area contributed by atoms with Gasteiger partial charge in [0.25, 0.3) is 11.8 Å². The lowest BCUT2D eigenvalue weighted by atomic mass is 9.98. The van der Waals surface area contributed by atoms with Gasteiger partial charge in [-0.05, 0) is 47.0 Å². The van der Waals surface area contributed by atoms with Gasteiger partial charge in [-0.15, -0.1) is 0 Å². The number of hydrogen-bond donors (Lipinski definition) is 2. The Hall–Kier alpha value is -4.15. The Labute approximate surface area is 203 Å². The summed E-state index contributed by atoms with van der Waals surface area (Å²) in [4.78, 5) is 26.4. The van der Waals surface area contributed by atoms with Crippen LogP contribution in [-0.4, -0.2) is 11.8 Å². The third-order valence-corrected chi connectivity index (χ3v) is 5.50. The molecule has 0 atom stereocenters. The highest BCUT2D eigenvalue weighted by atomic mass is 35.5. The van der Waals surface area contributed by atoms with Crippen LogP contribution in [0.15, 0.2) is 121 Å². The number of halogens is 1. The summed E-state index contributed by atoms with van der Waals surface area (Å²) in [6.07, 6.45) is 1.64. The van der Waals surface area contributed by atoms with Gasteiger partial charge >= 0.3 is 0 Å². The smallest absolute Gasteiger partial charge is 0.268 e. The fourth-order valence-corrected chi connectivity index (χ4v) is 3.65. The van der Waals surface area contributed by atoms with E-state index in [1.807, 2.05) is 66.7 Å². The summed E-state index contributed by atoms with van der Waals surface area (Å²) < 4.78 is 0. The quantitative estimate of drug-likeness (QED) is 0.327. The predicted molar refractivity (Wildman–Crippen MR) is 136 cm³/mol. The van der Waals surface area contributed by atoms with E-state index in [2.05, 4.69) is 10.6 Å². The van der Waals surface area contributed by atoms with Gasteiger partial charge in [0.1, 0.15) is 5.70 Å². The van der Waals surface area contributed by atoms with Crippen molar-refractivity contribution >= 4 is 29.5 Å². The van der Waals surface area contributed by atoms with Gasteiger partial charge in [-0.25, -0.2) is 0 Å². The maximum Gasteiger partial charge on any atom is 0.268 e. The molecule has 0 bridgehead atoms. The number of carbonyl (C=O) groups is 2. The molecule has 0 heterocycles. The van der Waals surface area contributed by atoms with E-state index in [4.69, 9.17) is 11.6 Å². The van der Waals surface area contributed by atoms with Crippen LogP contribution < -0.4 is 10.6 Å². The van der Waals surface area contributed by atoms with Crippen LogP contribution in [0.4, 0.5) is 0 Å². The van der Waals surface area contributed by atoms with Crippen molar-refractivity contribution in [2.24, 2.45) is 0 Å². The zero-order chi connectivity index (χ0) is 23.8. The third-order valence-electron chi connectivity index (χ3n) is 5.25. The standard InChI is InChI=1S/C29H23ClN2O2/c30-25-18-16-21(17-19-25)20-26(31-28(33)24-14-8-3-9-15-24)29(34)32-27(22-10-4-1-5-11-22)23-12-6-2-7-13-23/h1-20,27H,(H,31,33)(H,32,34)/b26-20+. The van der Waals surface area contributed by atoms with Crippen LogP contribution in [0.2, 0.25) is 5.02 Å². The SMILES string of the molecule is O=C(NC(c1ccccc1)c1ccccc1)/C(=C\c1ccc(Cl)cc1)NC(=O)c1ccccc1.